The van der Waals surface area contributed by atoms with Crippen LogP contribution >= 0.6 is 0 Å². The normalized spacial score (nSPS) is 11.4. The number of hydrogen-bond donors (Lipinski definition) is 1. The van der Waals surface area contributed by atoms with E-state index in [2.05, 4.69) is 27.3 Å². The van der Waals surface area contributed by atoms with E-state index in [0.717, 1.165) is 34.4 Å². The molecule has 2 rings (SSSR count). The summed E-state index contributed by atoms with van der Waals surface area (Å²) in [5.41, 5.74) is 2.27. The van der Waals surface area contributed by atoms with Crippen LogP contribution in [-0.2, 0) is 20.1 Å². The molecule has 25 heavy (non-hydrogen) atoms. The van der Waals surface area contributed by atoms with Gasteiger partial charge in [0.1, 0.15) is 12.2 Å². The van der Waals surface area contributed by atoms with Crippen LogP contribution in [0.3, 0.4) is 0 Å². The van der Waals surface area contributed by atoms with E-state index in [-0.39, 0.29) is 0 Å². The molecular formula is C17H26N6O2. The van der Waals surface area contributed by atoms with E-state index in [1.54, 1.807) is 25.9 Å². The molecule has 2 aromatic rings. The Morgan fingerprint density at radius 1 is 1.28 bits per heavy atom. The first-order valence-electron chi connectivity index (χ1n) is 7.96. The summed E-state index contributed by atoms with van der Waals surface area (Å²) in [5, 5.41) is 7.37. The van der Waals surface area contributed by atoms with E-state index in [9.17, 15) is 0 Å². The zero-order valence-corrected chi connectivity index (χ0v) is 15.7. The van der Waals surface area contributed by atoms with Crippen molar-refractivity contribution in [3.8, 4) is 11.5 Å². The molecule has 0 saturated heterocycles. The number of hydrogen-bond acceptors (Lipinski definition) is 5. The zero-order chi connectivity index (χ0) is 18.4. The predicted molar refractivity (Wildman–Crippen MR) is 97.0 cm³/mol. The molecule has 1 aromatic heterocycles. The predicted octanol–water partition coefficient (Wildman–Crippen LogP) is 1.35. The molecule has 0 radical (unpaired) electrons. The van der Waals surface area contributed by atoms with E-state index in [1.165, 1.54) is 6.33 Å². The molecule has 1 heterocycles. The molecular weight excluding hydrogens is 320 g/mol. The number of methoxy groups -OCH3 is 2. The SMILES string of the molecule is CN=C(NCc1ncnn1C)N(C)Cc1cc(OC)c(OC)cc1C. The molecule has 8 heteroatoms. The molecule has 0 spiro atoms. The first kappa shape index (κ1) is 18.6. The fourth-order valence-corrected chi connectivity index (χ4v) is 2.55. The average molecular weight is 346 g/mol. The lowest BCUT2D eigenvalue weighted by Crippen LogP contribution is -2.38. The van der Waals surface area contributed by atoms with Crippen molar-refractivity contribution in [1.29, 1.82) is 0 Å². The van der Waals surface area contributed by atoms with Crippen molar-refractivity contribution in [2.24, 2.45) is 12.0 Å². The van der Waals surface area contributed by atoms with Crippen molar-refractivity contribution in [2.75, 3.05) is 28.3 Å². The van der Waals surface area contributed by atoms with Gasteiger partial charge in [0.15, 0.2) is 17.5 Å². The lowest BCUT2D eigenvalue weighted by molar-refractivity contribution is 0.353. The molecule has 0 saturated carbocycles. The largest absolute Gasteiger partial charge is 0.493 e. The highest BCUT2D eigenvalue weighted by atomic mass is 16.5. The van der Waals surface area contributed by atoms with Gasteiger partial charge in [-0.15, -0.1) is 0 Å². The third-order valence-corrected chi connectivity index (χ3v) is 4.03. The summed E-state index contributed by atoms with van der Waals surface area (Å²) in [6.45, 7) is 3.30. The topological polar surface area (TPSA) is 76.8 Å². The fourth-order valence-electron chi connectivity index (χ4n) is 2.55. The van der Waals surface area contributed by atoms with Gasteiger partial charge < -0.3 is 19.7 Å². The Labute approximate surface area is 148 Å². The van der Waals surface area contributed by atoms with Gasteiger partial charge in [0, 0.05) is 27.7 Å². The quantitative estimate of drug-likeness (QED) is 0.628. The second-order valence-corrected chi connectivity index (χ2v) is 5.69. The van der Waals surface area contributed by atoms with Gasteiger partial charge in [0.25, 0.3) is 0 Å². The van der Waals surface area contributed by atoms with Crippen LogP contribution in [-0.4, -0.2) is 53.9 Å². The van der Waals surface area contributed by atoms with Crippen molar-refractivity contribution in [3.63, 3.8) is 0 Å². The molecule has 0 unspecified atom stereocenters. The number of nitrogens with zero attached hydrogens (tertiary/aromatic N) is 5. The van der Waals surface area contributed by atoms with Gasteiger partial charge in [-0.05, 0) is 30.2 Å². The second kappa shape index (κ2) is 8.36. The number of ether oxygens (including phenoxy) is 2. The molecule has 1 aromatic carbocycles. The maximum atomic E-state index is 5.40. The number of guanidine groups is 1. The Balaban J connectivity index is 2.09. The minimum absolute atomic E-state index is 0.554. The highest BCUT2D eigenvalue weighted by Gasteiger charge is 2.13. The second-order valence-electron chi connectivity index (χ2n) is 5.69. The number of aliphatic imine (C=N–C) groups is 1. The van der Waals surface area contributed by atoms with Crippen LogP contribution in [0.15, 0.2) is 23.5 Å². The summed E-state index contributed by atoms with van der Waals surface area (Å²) in [7, 11) is 8.89. The summed E-state index contributed by atoms with van der Waals surface area (Å²) in [6.07, 6.45) is 1.54. The van der Waals surface area contributed by atoms with Crippen LogP contribution in [0.2, 0.25) is 0 Å². The molecule has 136 valence electrons. The standard InChI is InChI=1S/C17H26N6O2/c1-12-7-14(24-5)15(25-6)8-13(12)10-22(3)17(18-2)19-9-16-20-11-21-23(16)4/h7-8,11H,9-10H2,1-6H3,(H,18,19). The highest BCUT2D eigenvalue weighted by molar-refractivity contribution is 5.79. The zero-order valence-electron chi connectivity index (χ0n) is 15.7. The van der Waals surface area contributed by atoms with E-state index >= 15 is 0 Å². The van der Waals surface area contributed by atoms with E-state index in [1.807, 2.05) is 31.1 Å². The number of rotatable bonds is 6. The minimum Gasteiger partial charge on any atom is -0.493 e. The lowest BCUT2D eigenvalue weighted by atomic mass is 10.1. The van der Waals surface area contributed by atoms with Gasteiger partial charge >= 0.3 is 0 Å². The smallest absolute Gasteiger partial charge is 0.194 e. The van der Waals surface area contributed by atoms with E-state index in [0.29, 0.717) is 13.1 Å². The third kappa shape index (κ3) is 4.40. The minimum atomic E-state index is 0.554. The molecule has 0 aliphatic carbocycles. The number of benzene rings is 1. The van der Waals surface area contributed by atoms with E-state index in [4.69, 9.17) is 9.47 Å². The average Bonchev–Trinajstić information content (AvgIpc) is 3.01. The summed E-state index contributed by atoms with van der Waals surface area (Å²) >= 11 is 0. The van der Waals surface area contributed by atoms with Crippen molar-refractivity contribution < 1.29 is 9.47 Å². The van der Waals surface area contributed by atoms with Gasteiger partial charge in [-0.1, -0.05) is 0 Å². The molecule has 0 aliphatic heterocycles. The summed E-state index contributed by atoms with van der Waals surface area (Å²) in [5.74, 6) is 3.07. The van der Waals surface area contributed by atoms with E-state index < -0.39 is 0 Å². The lowest BCUT2D eigenvalue weighted by Gasteiger charge is -2.23. The third-order valence-electron chi connectivity index (χ3n) is 4.03. The molecule has 8 nitrogen and oxygen atoms in total. The van der Waals surface area contributed by atoms with Crippen LogP contribution in [0.25, 0.3) is 0 Å². The summed E-state index contributed by atoms with van der Waals surface area (Å²) < 4.78 is 12.5. The Hall–Kier alpha value is -2.77. The van der Waals surface area contributed by atoms with Crippen LogP contribution < -0.4 is 14.8 Å². The molecule has 0 fully saturated rings. The Morgan fingerprint density at radius 3 is 2.52 bits per heavy atom. The number of aromatic nitrogens is 3. The van der Waals surface area contributed by atoms with Crippen LogP contribution in [0.4, 0.5) is 0 Å². The number of aryl methyl sites for hydroxylation is 2. The fraction of sp³-hybridized carbons (Fsp3) is 0.471. The Bertz CT molecular complexity index is 741. The van der Waals surface area contributed by atoms with Crippen molar-refractivity contribution >= 4 is 5.96 Å². The van der Waals surface area contributed by atoms with Gasteiger partial charge in [-0.25, -0.2) is 4.98 Å². The number of nitrogens with one attached hydrogen (secondary N) is 1. The van der Waals surface area contributed by atoms with Crippen molar-refractivity contribution in [1.82, 2.24) is 25.0 Å². The summed E-state index contributed by atoms with van der Waals surface area (Å²) in [6, 6.07) is 3.98. The molecule has 0 bridgehead atoms. The monoisotopic (exact) mass is 346 g/mol. The molecule has 0 atom stereocenters. The van der Waals surface area contributed by atoms with Gasteiger partial charge in [0.05, 0.1) is 20.8 Å². The molecule has 0 aliphatic rings. The Morgan fingerprint density at radius 2 is 1.96 bits per heavy atom. The van der Waals surface area contributed by atoms with Crippen molar-refractivity contribution in [2.45, 2.75) is 20.0 Å². The maximum absolute atomic E-state index is 5.40. The van der Waals surface area contributed by atoms with Crippen LogP contribution in [0, 0.1) is 6.92 Å². The van der Waals surface area contributed by atoms with Gasteiger partial charge in [-0.3, -0.25) is 9.67 Å². The summed E-state index contributed by atoms with van der Waals surface area (Å²) in [4.78, 5) is 10.6. The molecule has 0 amide bonds. The van der Waals surface area contributed by atoms with Crippen LogP contribution in [0.5, 0.6) is 11.5 Å². The maximum Gasteiger partial charge on any atom is 0.194 e. The van der Waals surface area contributed by atoms with Crippen LogP contribution in [0.1, 0.15) is 17.0 Å². The van der Waals surface area contributed by atoms with Crippen molar-refractivity contribution in [3.05, 3.63) is 35.4 Å². The Kier molecular flexibility index (Phi) is 6.21. The molecule has 1 N–H and O–H groups in total. The highest BCUT2D eigenvalue weighted by Crippen LogP contribution is 2.30. The van der Waals surface area contributed by atoms with Gasteiger partial charge in [-0.2, -0.15) is 5.10 Å². The first-order chi connectivity index (χ1) is 12.0. The first-order valence-corrected chi connectivity index (χ1v) is 7.96. The van der Waals surface area contributed by atoms with Gasteiger partial charge in [0.2, 0.25) is 0 Å².